The topological polar surface area (TPSA) is 74.5 Å². The first-order chi connectivity index (χ1) is 8.24. The summed E-state index contributed by atoms with van der Waals surface area (Å²) in [6.45, 7) is 0.493. The minimum absolute atomic E-state index is 0.110. The van der Waals surface area contributed by atoms with Gasteiger partial charge in [-0.1, -0.05) is 0 Å². The molecule has 0 aromatic carbocycles. The van der Waals surface area contributed by atoms with Gasteiger partial charge in [-0.2, -0.15) is 0 Å². The average Bonchev–Trinajstić information content (AvgIpc) is 2.76. The summed E-state index contributed by atoms with van der Waals surface area (Å²) in [5.41, 5.74) is -0.192. The lowest BCUT2D eigenvalue weighted by atomic mass is 9.74. The summed E-state index contributed by atoms with van der Waals surface area (Å²) in [4.78, 5) is 11.7. The molecule has 1 aliphatic rings. The van der Waals surface area contributed by atoms with Gasteiger partial charge >= 0.3 is 6.03 Å². The fourth-order valence-corrected chi connectivity index (χ4v) is 2.12. The lowest BCUT2D eigenvalue weighted by Crippen LogP contribution is -2.56. The molecule has 0 aliphatic heterocycles. The van der Waals surface area contributed by atoms with Crippen molar-refractivity contribution in [3.05, 3.63) is 24.2 Å². The molecule has 0 radical (unpaired) electrons. The van der Waals surface area contributed by atoms with Crippen molar-refractivity contribution in [2.75, 3.05) is 6.61 Å². The second-order valence-corrected chi connectivity index (χ2v) is 4.49. The molecule has 2 rings (SSSR count). The molecule has 0 atom stereocenters. The van der Waals surface area contributed by atoms with Crippen molar-refractivity contribution < 1.29 is 14.3 Å². The molecule has 0 spiro atoms. The van der Waals surface area contributed by atoms with Gasteiger partial charge in [0.05, 0.1) is 12.8 Å². The van der Waals surface area contributed by atoms with Gasteiger partial charge in [-0.05, 0) is 37.8 Å². The van der Waals surface area contributed by atoms with Crippen LogP contribution < -0.4 is 10.6 Å². The van der Waals surface area contributed by atoms with Crippen LogP contribution in [0.4, 0.5) is 4.79 Å². The molecule has 5 heteroatoms. The first-order valence-corrected chi connectivity index (χ1v) is 5.93. The molecule has 3 N–H and O–H groups in total. The fourth-order valence-electron chi connectivity index (χ4n) is 2.12. The van der Waals surface area contributed by atoms with Crippen molar-refractivity contribution in [1.29, 1.82) is 0 Å². The van der Waals surface area contributed by atoms with E-state index in [9.17, 15) is 4.79 Å². The van der Waals surface area contributed by atoms with Gasteiger partial charge in [-0.3, -0.25) is 0 Å². The van der Waals surface area contributed by atoms with Gasteiger partial charge in [0.1, 0.15) is 5.76 Å². The first-order valence-electron chi connectivity index (χ1n) is 5.93. The number of furan rings is 1. The zero-order valence-electron chi connectivity index (χ0n) is 9.74. The Morgan fingerprint density at radius 1 is 1.53 bits per heavy atom. The van der Waals surface area contributed by atoms with Crippen LogP contribution in [0.25, 0.3) is 0 Å². The van der Waals surface area contributed by atoms with Crippen LogP contribution in [0, 0.1) is 0 Å². The first kappa shape index (κ1) is 12.0. The molecule has 0 saturated heterocycles. The highest BCUT2D eigenvalue weighted by atomic mass is 16.3. The Bertz CT molecular complexity index is 358. The van der Waals surface area contributed by atoms with Crippen LogP contribution in [0.2, 0.25) is 0 Å². The Hall–Kier alpha value is -1.49. The lowest BCUT2D eigenvalue weighted by Gasteiger charge is -2.42. The Morgan fingerprint density at radius 3 is 2.88 bits per heavy atom. The van der Waals surface area contributed by atoms with Gasteiger partial charge < -0.3 is 20.2 Å². The summed E-state index contributed by atoms with van der Waals surface area (Å²) < 4.78 is 5.12. The van der Waals surface area contributed by atoms with Crippen LogP contribution >= 0.6 is 0 Å². The van der Waals surface area contributed by atoms with E-state index in [-0.39, 0.29) is 18.2 Å². The van der Waals surface area contributed by atoms with Crippen LogP contribution in [0.3, 0.4) is 0 Å². The highest BCUT2D eigenvalue weighted by Gasteiger charge is 2.37. The average molecular weight is 238 g/mol. The summed E-state index contributed by atoms with van der Waals surface area (Å²) in [6, 6.07) is 3.40. The smallest absolute Gasteiger partial charge is 0.315 e. The number of amides is 2. The van der Waals surface area contributed by atoms with Gasteiger partial charge in [0, 0.05) is 12.1 Å². The van der Waals surface area contributed by atoms with E-state index in [2.05, 4.69) is 10.6 Å². The van der Waals surface area contributed by atoms with Crippen molar-refractivity contribution in [3.8, 4) is 0 Å². The Labute approximate surface area is 100 Å². The Balaban J connectivity index is 1.76. The van der Waals surface area contributed by atoms with E-state index >= 15 is 0 Å². The van der Waals surface area contributed by atoms with E-state index in [1.807, 2.05) is 6.07 Å². The van der Waals surface area contributed by atoms with Crippen LogP contribution in [0.5, 0.6) is 0 Å². The molecule has 1 heterocycles. The molecule has 94 valence electrons. The number of aliphatic hydroxyl groups excluding tert-OH is 1. The maximum absolute atomic E-state index is 11.7. The van der Waals surface area contributed by atoms with Gasteiger partial charge in [-0.15, -0.1) is 0 Å². The maximum atomic E-state index is 11.7. The monoisotopic (exact) mass is 238 g/mol. The van der Waals surface area contributed by atoms with Crippen LogP contribution in [-0.4, -0.2) is 23.3 Å². The molecule has 1 saturated carbocycles. The molecule has 2 amide bonds. The molecular weight excluding hydrogens is 220 g/mol. The Morgan fingerprint density at radius 2 is 2.35 bits per heavy atom. The number of urea groups is 1. The molecule has 1 fully saturated rings. The summed E-state index contributed by atoms with van der Waals surface area (Å²) in [7, 11) is 0. The predicted octanol–water partition coefficient (Wildman–Crippen LogP) is 1.38. The van der Waals surface area contributed by atoms with Gasteiger partial charge in [0.15, 0.2) is 0 Å². The van der Waals surface area contributed by atoms with E-state index in [0.29, 0.717) is 13.0 Å². The summed E-state index contributed by atoms with van der Waals surface area (Å²) >= 11 is 0. The van der Waals surface area contributed by atoms with E-state index < -0.39 is 0 Å². The molecule has 1 aromatic rings. The Kier molecular flexibility index (Phi) is 3.68. The molecule has 17 heavy (non-hydrogen) atoms. The largest absolute Gasteiger partial charge is 0.467 e. The maximum Gasteiger partial charge on any atom is 0.315 e. The number of rotatable bonds is 5. The zero-order valence-corrected chi connectivity index (χ0v) is 9.74. The molecular formula is C12H18N2O3. The normalized spacial score (nSPS) is 17.2. The molecule has 1 aromatic heterocycles. The van der Waals surface area contributed by atoms with Crippen molar-refractivity contribution >= 4 is 6.03 Å². The van der Waals surface area contributed by atoms with Crippen molar-refractivity contribution in [3.63, 3.8) is 0 Å². The summed E-state index contributed by atoms with van der Waals surface area (Å²) in [5, 5.41) is 14.7. The van der Waals surface area contributed by atoms with Gasteiger partial charge in [0.2, 0.25) is 0 Å². The third kappa shape index (κ3) is 3.00. The summed E-state index contributed by atoms with van der Waals surface area (Å²) in [6.07, 6.45) is 5.21. The molecule has 5 nitrogen and oxygen atoms in total. The number of hydrogen-bond donors (Lipinski definition) is 3. The third-order valence-electron chi connectivity index (χ3n) is 3.28. The number of nitrogens with one attached hydrogen (secondary N) is 2. The second kappa shape index (κ2) is 5.23. The summed E-state index contributed by atoms with van der Waals surface area (Å²) in [5.74, 6) is 0.727. The lowest BCUT2D eigenvalue weighted by molar-refractivity contribution is 0.135. The number of aliphatic hydroxyl groups is 1. The highest BCUT2D eigenvalue weighted by molar-refractivity contribution is 5.74. The van der Waals surface area contributed by atoms with Gasteiger partial charge in [0.25, 0.3) is 0 Å². The highest BCUT2D eigenvalue weighted by Crippen LogP contribution is 2.34. The quantitative estimate of drug-likeness (QED) is 0.725. The number of carbonyl (C=O) groups excluding carboxylic acids is 1. The molecule has 0 unspecified atom stereocenters. The van der Waals surface area contributed by atoms with E-state index in [1.165, 1.54) is 0 Å². The van der Waals surface area contributed by atoms with E-state index in [4.69, 9.17) is 9.52 Å². The minimum Gasteiger partial charge on any atom is -0.467 e. The number of hydrogen-bond acceptors (Lipinski definition) is 3. The van der Waals surface area contributed by atoms with Crippen molar-refractivity contribution in [2.24, 2.45) is 0 Å². The van der Waals surface area contributed by atoms with Crippen molar-refractivity contribution in [2.45, 2.75) is 37.8 Å². The van der Waals surface area contributed by atoms with Crippen molar-refractivity contribution in [1.82, 2.24) is 10.6 Å². The van der Waals surface area contributed by atoms with E-state index in [0.717, 1.165) is 25.0 Å². The molecule has 1 aliphatic carbocycles. The molecule has 0 bridgehead atoms. The van der Waals surface area contributed by atoms with Gasteiger partial charge in [-0.25, -0.2) is 4.79 Å². The van der Waals surface area contributed by atoms with E-state index in [1.54, 1.807) is 12.3 Å². The predicted molar refractivity (Wildman–Crippen MR) is 62.4 cm³/mol. The second-order valence-electron chi connectivity index (χ2n) is 4.49. The van der Waals surface area contributed by atoms with Crippen LogP contribution in [0.1, 0.15) is 31.4 Å². The standard InChI is InChI=1S/C12H18N2O3/c15-7-6-12(4-2-5-12)14-11(16)13-9-10-3-1-8-17-10/h1,3,8,15H,2,4-7,9H2,(H2,13,14,16). The SMILES string of the molecule is O=C(NCc1ccco1)NC1(CCO)CCC1. The third-order valence-corrected chi connectivity index (χ3v) is 3.28. The number of carbonyl (C=O) groups is 1. The minimum atomic E-state index is -0.199. The fraction of sp³-hybridized carbons (Fsp3) is 0.583. The van der Waals surface area contributed by atoms with Crippen LogP contribution in [0.15, 0.2) is 22.8 Å². The van der Waals surface area contributed by atoms with Crippen LogP contribution in [-0.2, 0) is 6.54 Å². The zero-order chi connectivity index (χ0) is 12.1.